The highest BCUT2D eigenvalue weighted by atomic mass is 14.7. The molecule has 0 heterocycles. The number of hydrogen-bond acceptors (Lipinski definition) is 1. The fourth-order valence-corrected chi connectivity index (χ4v) is 2.81. The first-order valence-electron chi connectivity index (χ1n) is 9.05. The molecule has 0 aliphatic heterocycles. The Labute approximate surface area is 133 Å². The van der Waals surface area contributed by atoms with Crippen LogP contribution in [0.15, 0.2) is 29.8 Å². The van der Waals surface area contributed by atoms with Crippen molar-refractivity contribution in [2.24, 2.45) is 10.9 Å². The summed E-state index contributed by atoms with van der Waals surface area (Å²) in [6.45, 7) is 8.32. The van der Waals surface area contributed by atoms with Crippen LogP contribution in [0.25, 0.3) is 0 Å². The Balaban J connectivity index is 4.30. The van der Waals surface area contributed by atoms with Gasteiger partial charge in [0.15, 0.2) is 0 Å². The van der Waals surface area contributed by atoms with E-state index >= 15 is 0 Å². The van der Waals surface area contributed by atoms with Crippen molar-refractivity contribution >= 4 is 5.71 Å². The van der Waals surface area contributed by atoms with Crippen molar-refractivity contribution in [3.8, 4) is 0 Å². The molecule has 0 aliphatic rings. The van der Waals surface area contributed by atoms with E-state index in [-0.39, 0.29) is 0 Å². The van der Waals surface area contributed by atoms with Gasteiger partial charge in [-0.1, -0.05) is 90.4 Å². The minimum absolute atomic E-state index is 0.643. The van der Waals surface area contributed by atoms with Gasteiger partial charge < -0.3 is 0 Å². The second kappa shape index (κ2) is 15.5. The van der Waals surface area contributed by atoms with Crippen molar-refractivity contribution in [3.05, 3.63) is 24.8 Å². The number of unbranched alkanes of at least 4 members (excludes halogenated alkanes) is 7. The molecule has 21 heavy (non-hydrogen) atoms. The van der Waals surface area contributed by atoms with Crippen LogP contribution >= 0.6 is 0 Å². The maximum absolute atomic E-state index is 4.52. The van der Waals surface area contributed by atoms with Crippen molar-refractivity contribution in [2.45, 2.75) is 84.5 Å². The monoisotopic (exact) mass is 291 g/mol. The molecule has 0 radical (unpaired) electrons. The fourth-order valence-electron chi connectivity index (χ4n) is 2.81. The van der Waals surface area contributed by atoms with Gasteiger partial charge in [0.1, 0.15) is 0 Å². The quantitative estimate of drug-likeness (QED) is 0.191. The van der Waals surface area contributed by atoms with Crippen LogP contribution in [0.5, 0.6) is 0 Å². The minimum atomic E-state index is 0.643. The van der Waals surface area contributed by atoms with Crippen LogP contribution in [-0.4, -0.2) is 12.8 Å². The maximum atomic E-state index is 4.52. The molecule has 0 rings (SSSR count). The Morgan fingerprint density at radius 1 is 0.905 bits per heavy atom. The topological polar surface area (TPSA) is 12.4 Å². The van der Waals surface area contributed by atoms with Gasteiger partial charge in [0.25, 0.3) is 0 Å². The summed E-state index contributed by atoms with van der Waals surface area (Å²) in [5.74, 6) is 0.643. The molecule has 0 saturated carbocycles. The summed E-state index contributed by atoms with van der Waals surface area (Å²) >= 11 is 0. The molecule has 0 N–H and O–H groups in total. The van der Waals surface area contributed by atoms with Gasteiger partial charge in [-0.05, 0) is 18.9 Å². The van der Waals surface area contributed by atoms with Crippen LogP contribution in [0.3, 0.4) is 0 Å². The van der Waals surface area contributed by atoms with Crippen molar-refractivity contribution < 1.29 is 0 Å². The predicted molar refractivity (Wildman–Crippen MR) is 98.3 cm³/mol. The largest absolute Gasteiger partial charge is 0.293 e. The zero-order valence-electron chi connectivity index (χ0n) is 14.7. The van der Waals surface area contributed by atoms with Crippen LogP contribution in [0.4, 0.5) is 0 Å². The standard InChI is InChI=1S/C20H37N/c1-5-8-11-13-15-17-19(16-14-12-9-6-2)20(21-4)18-10-7-3/h7,10,18-19H,3,5-6,8-9,11-17H2,1-2,4H3/b18-10-,21-20+. The lowest BCUT2D eigenvalue weighted by molar-refractivity contribution is 0.491. The third-order valence-corrected chi connectivity index (χ3v) is 4.14. The van der Waals surface area contributed by atoms with E-state index in [1.807, 2.05) is 19.2 Å². The molecular formula is C20H37N. The van der Waals surface area contributed by atoms with Crippen LogP contribution in [0.1, 0.15) is 84.5 Å². The van der Waals surface area contributed by atoms with Crippen molar-refractivity contribution in [1.29, 1.82) is 0 Å². The first-order valence-corrected chi connectivity index (χ1v) is 9.05. The maximum Gasteiger partial charge on any atom is 0.0375 e. The van der Waals surface area contributed by atoms with Crippen LogP contribution in [0, 0.1) is 5.92 Å². The Hall–Kier alpha value is -0.850. The van der Waals surface area contributed by atoms with Gasteiger partial charge in [0.2, 0.25) is 0 Å². The van der Waals surface area contributed by atoms with E-state index in [9.17, 15) is 0 Å². The third-order valence-electron chi connectivity index (χ3n) is 4.14. The van der Waals surface area contributed by atoms with E-state index in [4.69, 9.17) is 0 Å². The highest BCUT2D eigenvalue weighted by Crippen LogP contribution is 2.21. The highest BCUT2D eigenvalue weighted by Gasteiger charge is 2.12. The summed E-state index contributed by atoms with van der Waals surface area (Å²) in [5.41, 5.74) is 1.27. The average molecular weight is 292 g/mol. The van der Waals surface area contributed by atoms with E-state index in [0.717, 1.165) is 0 Å². The van der Waals surface area contributed by atoms with Crippen LogP contribution in [0.2, 0.25) is 0 Å². The molecule has 0 aromatic heterocycles. The van der Waals surface area contributed by atoms with Crippen LogP contribution < -0.4 is 0 Å². The molecule has 0 amide bonds. The molecule has 1 unspecified atom stereocenters. The SMILES string of the molecule is C=C/C=C\C(=N/C)C(CCCCCC)CCCCCCC. The Morgan fingerprint density at radius 2 is 1.43 bits per heavy atom. The molecule has 0 bridgehead atoms. The van der Waals surface area contributed by atoms with Crippen molar-refractivity contribution in [2.75, 3.05) is 7.05 Å². The van der Waals surface area contributed by atoms with Crippen molar-refractivity contribution in [3.63, 3.8) is 0 Å². The predicted octanol–water partition coefficient (Wildman–Crippen LogP) is 6.75. The number of nitrogens with zero attached hydrogens (tertiary/aromatic N) is 1. The lowest BCUT2D eigenvalue weighted by Crippen LogP contribution is -2.13. The van der Waals surface area contributed by atoms with E-state index in [2.05, 4.69) is 31.5 Å². The van der Waals surface area contributed by atoms with Gasteiger partial charge in [-0.15, -0.1) is 0 Å². The summed E-state index contributed by atoms with van der Waals surface area (Å²) in [5, 5.41) is 0. The fraction of sp³-hybridized carbons (Fsp3) is 0.750. The summed E-state index contributed by atoms with van der Waals surface area (Å²) in [6.07, 6.45) is 20.8. The lowest BCUT2D eigenvalue weighted by atomic mass is 9.90. The molecular weight excluding hydrogens is 254 g/mol. The van der Waals surface area contributed by atoms with E-state index in [1.165, 1.54) is 76.3 Å². The summed E-state index contributed by atoms with van der Waals surface area (Å²) in [7, 11) is 1.93. The van der Waals surface area contributed by atoms with Gasteiger partial charge in [-0.2, -0.15) is 0 Å². The molecule has 0 aromatic rings. The average Bonchev–Trinajstić information content (AvgIpc) is 2.51. The summed E-state index contributed by atoms with van der Waals surface area (Å²) in [6, 6.07) is 0. The highest BCUT2D eigenvalue weighted by molar-refractivity contribution is 5.96. The molecule has 0 saturated heterocycles. The second-order valence-corrected chi connectivity index (χ2v) is 5.99. The summed E-state index contributed by atoms with van der Waals surface area (Å²) in [4.78, 5) is 4.52. The lowest BCUT2D eigenvalue weighted by Gasteiger charge is -2.17. The van der Waals surface area contributed by atoms with Crippen molar-refractivity contribution in [1.82, 2.24) is 0 Å². The Morgan fingerprint density at radius 3 is 1.90 bits per heavy atom. The Bertz CT molecular complexity index is 288. The second-order valence-electron chi connectivity index (χ2n) is 5.99. The molecule has 0 aromatic carbocycles. The number of hydrogen-bond donors (Lipinski definition) is 0. The molecule has 0 spiro atoms. The van der Waals surface area contributed by atoms with Gasteiger partial charge in [-0.25, -0.2) is 0 Å². The normalized spacial score (nSPS) is 13.8. The van der Waals surface area contributed by atoms with E-state index in [0.29, 0.717) is 5.92 Å². The van der Waals surface area contributed by atoms with E-state index in [1.54, 1.807) is 0 Å². The van der Waals surface area contributed by atoms with Gasteiger partial charge >= 0.3 is 0 Å². The molecule has 122 valence electrons. The zero-order chi connectivity index (χ0) is 15.8. The number of rotatable bonds is 14. The zero-order valence-corrected chi connectivity index (χ0v) is 14.7. The molecule has 1 heteroatoms. The van der Waals surface area contributed by atoms with Gasteiger partial charge in [0.05, 0.1) is 0 Å². The number of aliphatic imine (C=N–C) groups is 1. The first-order chi connectivity index (χ1) is 10.3. The summed E-state index contributed by atoms with van der Waals surface area (Å²) < 4.78 is 0. The smallest absolute Gasteiger partial charge is 0.0375 e. The molecule has 0 aliphatic carbocycles. The molecule has 0 fully saturated rings. The molecule has 1 nitrogen and oxygen atoms in total. The number of allylic oxidation sites excluding steroid dienone is 3. The first kappa shape index (κ1) is 20.1. The minimum Gasteiger partial charge on any atom is -0.293 e. The molecule has 1 atom stereocenters. The van der Waals surface area contributed by atoms with E-state index < -0.39 is 0 Å². The third kappa shape index (κ3) is 11.5. The van der Waals surface area contributed by atoms with Gasteiger partial charge in [-0.3, -0.25) is 4.99 Å². The van der Waals surface area contributed by atoms with Crippen LogP contribution in [-0.2, 0) is 0 Å². The Kier molecular flexibility index (Phi) is 14.9. The van der Waals surface area contributed by atoms with Gasteiger partial charge in [0, 0.05) is 18.7 Å².